The second-order valence-electron chi connectivity index (χ2n) is 9.86. The van der Waals surface area contributed by atoms with Crippen LogP contribution in [-0.4, -0.2) is 42.3 Å². The topological polar surface area (TPSA) is 64.6 Å². The van der Waals surface area contributed by atoms with Crippen molar-refractivity contribution in [2.75, 3.05) is 18.6 Å². The van der Waals surface area contributed by atoms with Gasteiger partial charge in [0.25, 0.3) is 0 Å². The van der Waals surface area contributed by atoms with E-state index in [9.17, 15) is 9.59 Å². The van der Waals surface area contributed by atoms with Gasteiger partial charge in [0.05, 0.1) is 0 Å². The molecule has 2 aromatic carbocycles. The molecule has 0 radical (unpaired) electrons. The van der Waals surface area contributed by atoms with Gasteiger partial charge in [-0.15, -0.1) is 0 Å². The zero-order chi connectivity index (χ0) is 23.5. The van der Waals surface area contributed by atoms with Crippen molar-refractivity contribution in [1.29, 1.82) is 0 Å². The summed E-state index contributed by atoms with van der Waals surface area (Å²) in [4.78, 5) is 25.7. The second-order valence-corrected chi connectivity index (χ2v) is 10.7. The van der Waals surface area contributed by atoms with Crippen LogP contribution in [0.15, 0.2) is 48.5 Å². The Kier molecular flexibility index (Phi) is 7.23. The summed E-state index contributed by atoms with van der Waals surface area (Å²) in [5.41, 5.74) is 3.48. The average Bonchev–Trinajstić information content (AvgIpc) is 3.03. The molecular formula is C26H33NO4S. The minimum absolute atomic E-state index is 0.0349. The number of carbonyl (C=O) groups is 2. The summed E-state index contributed by atoms with van der Waals surface area (Å²) in [5.74, 6) is 0.193. The molecule has 0 unspecified atom stereocenters. The number of hydrogen-bond acceptors (Lipinski definition) is 5. The lowest BCUT2D eigenvalue weighted by atomic mass is 9.86. The minimum atomic E-state index is -0.815. The number of amides is 1. The number of rotatable bonds is 7. The van der Waals surface area contributed by atoms with Crippen LogP contribution in [0.1, 0.15) is 51.7 Å². The number of benzene rings is 2. The first-order valence-corrected chi connectivity index (χ1v) is 12.3. The Morgan fingerprint density at radius 3 is 2.00 bits per heavy atom. The number of ether oxygens (including phenoxy) is 2. The first-order valence-electron chi connectivity index (χ1n) is 10.9. The van der Waals surface area contributed by atoms with Crippen LogP contribution >= 0.6 is 11.8 Å². The van der Waals surface area contributed by atoms with Gasteiger partial charge in [0.2, 0.25) is 0 Å². The number of thioether (sulfide) groups is 1. The summed E-state index contributed by atoms with van der Waals surface area (Å²) in [7, 11) is 0. The fraction of sp³-hybridized carbons (Fsp3) is 0.462. The fourth-order valence-corrected chi connectivity index (χ4v) is 5.06. The van der Waals surface area contributed by atoms with Gasteiger partial charge in [-0.1, -0.05) is 62.4 Å². The zero-order valence-corrected chi connectivity index (χ0v) is 20.5. The van der Waals surface area contributed by atoms with E-state index in [0.29, 0.717) is 5.75 Å². The summed E-state index contributed by atoms with van der Waals surface area (Å²) in [6.07, 6.45) is 1.36. The Hall–Kier alpha value is -2.47. The Bertz CT molecular complexity index is 934. The van der Waals surface area contributed by atoms with E-state index < -0.39 is 29.1 Å². The first kappa shape index (κ1) is 24.2. The van der Waals surface area contributed by atoms with Crippen LogP contribution in [0.2, 0.25) is 0 Å². The molecule has 32 heavy (non-hydrogen) atoms. The van der Waals surface area contributed by atoms with E-state index in [0.717, 1.165) is 11.1 Å². The molecule has 0 spiro atoms. The predicted octanol–water partition coefficient (Wildman–Crippen LogP) is 5.62. The maximum Gasteiger partial charge on any atom is 0.407 e. The highest BCUT2D eigenvalue weighted by molar-refractivity contribution is 7.98. The van der Waals surface area contributed by atoms with Gasteiger partial charge < -0.3 is 14.8 Å². The van der Waals surface area contributed by atoms with Crippen LogP contribution in [0.4, 0.5) is 4.79 Å². The van der Waals surface area contributed by atoms with Crippen molar-refractivity contribution in [2.45, 2.75) is 52.2 Å². The molecule has 1 N–H and O–H groups in total. The summed E-state index contributed by atoms with van der Waals surface area (Å²) in [6, 6.07) is 15.6. The van der Waals surface area contributed by atoms with Crippen molar-refractivity contribution < 1.29 is 19.1 Å². The van der Waals surface area contributed by atoms with Crippen molar-refractivity contribution >= 4 is 23.8 Å². The summed E-state index contributed by atoms with van der Waals surface area (Å²) < 4.78 is 11.2. The second kappa shape index (κ2) is 9.57. The fourth-order valence-electron chi connectivity index (χ4n) is 4.15. The van der Waals surface area contributed by atoms with Crippen molar-refractivity contribution in [3.8, 4) is 11.1 Å². The number of nitrogens with one attached hydrogen (secondary N) is 1. The van der Waals surface area contributed by atoms with Gasteiger partial charge >= 0.3 is 12.1 Å². The standard InChI is InChI=1S/C26H33NO4S/c1-25(2,3)31-23(28)22(26(4,5)16-32-6)27-24(29)30-15-21-19-13-9-7-11-17(19)18-12-8-10-14-20(18)21/h7-14,21-22H,15-16H2,1-6H3,(H,27,29)/t22-/m1/s1. The van der Waals surface area contributed by atoms with Gasteiger partial charge in [-0.2, -0.15) is 11.8 Å². The predicted molar refractivity (Wildman–Crippen MR) is 130 cm³/mol. The van der Waals surface area contributed by atoms with Gasteiger partial charge in [-0.05, 0) is 49.3 Å². The van der Waals surface area contributed by atoms with Gasteiger partial charge in [-0.3, -0.25) is 0 Å². The lowest BCUT2D eigenvalue weighted by Gasteiger charge is -2.34. The Labute approximate surface area is 195 Å². The van der Waals surface area contributed by atoms with Crippen molar-refractivity contribution in [1.82, 2.24) is 5.32 Å². The third-order valence-corrected chi connectivity index (χ3v) is 6.58. The third kappa shape index (κ3) is 5.47. The van der Waals surface area contributed by atoms with Crippen LogP contribution in [0.25, 0.3) is 11.1 Å². The highest BCUT2D eigenvalue weighted by atomic mass is 32.2. The molecule has 0 aliphatic heterocycles. The van der Waals surface area contributed by atoms with E-state index in [1.165, 1.54) is 11.1 Å². The van der Waals surface area contributed by atoms with E-state index in [1.807, 2.05) is 65.1 Å². The zero-order valence-electron chi connectivity index (χ0n) is 19.7. The SMILES string of the molecule is CSCC(C)(C)[C@H](NC(=O)OCC1c2ccccc2-c2ccccc21)C(=O)OC(C)(C)C. The lowest BCUT2D eigenvalue weighted by Crippen LogP contribution is -2.53. The largest absolute Gasteiger partial charge is 0.458 e. The number of hydrogen-bond donors (Lipinski definition) is 1. The van der Waals surface area contributed by atoms with E-state index >= 15 is 0 Å². The van der Waals surface area contributed by atoms with Crippen LogP contribution < -0.4 is 5.32 Å². The Morgan fingerprint density at radius 2 is 1.50 bits per heavy atom. The van der Waals surface area contributed by atoms with Crippen LogP contribution in [0, 0.1) is 5.41 Å². The maximum atomic E-state index is 12.9. The van der Waals surface area contributed by atoms with E-state index in [2.05, 4.69) is 29.6 Å². The molecule has 0 saturated carbocycles. The van der Waals surface area contributed by atoms with E-state index in [4.69, 9.17) is 9.47 Å². The quantitative estimate of drug-likeness (QED) is 0.549. The molecule has 5 nitrogen and oxygen atoms in total. The molecule has 0 heterocycles. The number of alkyl carbamates (subject to hydrolysis) is 1. The van der Waals surface area contributed by atoms with E-state index in [1.54, 1.807) is 11.8 Å². The van der Waals surface area contributed by atoms with Crippen LogP contribution in [-0.2, 0) is 14.3 Å². The molecule has 3 rings (SSSR count). The smallest absolute Gasteiger partial charge is 0.407 e. The maximum absolute atomic E-state index is 12.9. The van der Waals surface area contributed by atoms with Gasteiger partial charge in [0.15, 0.2) is 0 Å². The average molecular weight is 456 g/mol. The molecule has 1 aliphatic carbocycles. The molecule has 0 aromatic heterocycles. The highest BCUT2D eigenvalue weighted by Crippen LogP contribution is 2.44. The lowest BCUT2D eigenvalue weighted by molar-refractivity contribution is -0.160. The number of esters is 1. The van der Waals surface area contributed by atoms with Crippen molar-refractivity contribution in [3.63, 3.8) is 0 Å². The summed E-state index contributed by atoms with van der Waals surface area (Å²) >= 11 is 1.62. The molecule has 1 amide bonds. The monoisotopic (exact) mass is 455 g/mol. The number of carbonyl (C=O) groups excluding carboxylic acids is 2. The van der Waals surface area contributed by atoms with Gasteiger partial charge in [0, 0.05) is 17.1 Å². The number of fused-ring (bicyclic) bond motifs is 3. The van der Waals surface area contributed by atoms with E-state index in [-0.39, 0.29) is 12.5 Å². The molecule has 1 atom stereocenters. The van der Waals surface area contributed by atoms with Crippen molar-refractivity contribution in [3.05, 3.63) is 59.7 Å². The summed E-state index contributed by atoms with van der Waals surface area (Å²) in [6.45, 7) is 9.54. The Morgan fingerprint density at radius 1 is 0.969 bits per heavy atom. The molecule has 0 fully saturated rings. The van der Waals surface area contributed by atoms with Gasteiger partial charge in [-0.25, -0.2) is 9.59 Å². The van der Waals surface area contributed by atoms with Crippen LogP contribution in [0.3, 0.4) is 0 Å². The first-order chi connectivity index (χ1) is 15.0. The molecule has 6 heteroatoms. The highest BCUT2D eigenvalue weighted by Gasteiger charge is 2.39. The molecule has 0 bridgehead atoms. The summed E-state index contributed by atoms with van der Waals surface area (Å²) in [5, 5.41) is 2.79. The Balaban J connectivity index is 1.74. The molecular weight excluding hydrogens is 422 g/mol. The molecule has 2 aromatic rings. The van der Waals surface area contributed by atoms with Crippen LogP contribution in [0.5, 0.6) is 0 Å². The van der Waals surface area contributed by atoms with Gasteiger partial charge in [0.1, 0.15) is 18.2 Å². The van der Waals surface area contributed by atoms with Crippen molar-refractivity contribution in [2.24, 2.45) is 5.41 Å². The third-order valence-electron chi connectivity index (χ3n) is 5.55. The molecule has 172 valence electrons. The molecule has 0 saturated heterocycles. The minimum Gasteiger partial charge on any atom is -0.458 e. The normalized spacial score (nSPS) is 14.3. The molecule has 1 aliphatic rings.